The highest BCUT2D eigenvalue weighted by molar-refractivity contribution is 7.92. The van der Waals surface area contributed by atoms with E-state index in [-0.39, 0.29) is 17.3 Å². The van der Waals surface area contributed by atoms with E-state index in [1.54, 1.807) is 43.3 Å². The normalized spacial score (nSPS) is 12.0. The topological polar surface area (TPSA) is 86.8 Å². The standard InChI is InChI=1S/C32H41N3O4S/c1-6-7-18-33-32(37)27(5)34(19-17-28-11-9-8-10-12-28)31(36)23-35(29-21-25(3)20-26(4)22-29)40(38,39)30-15-13-24(2)14-16-30/h8-16,20-22,27H,6-7,17-19,23H2,1-5H3,(H,33,37)/t27-/m0/s1. The Labute approximate surface area is 239 Å². The second kappa shape index (κ2) is 14.1. The van der Waals surface area contributed by atoms with Gasteiger partial charge in [0.15, 0.2) is 0 Å². The number of amides is 2. The lowest BCUT2D eigenvalue weighted by Crippen LogP contribution is -2.52. The predicted molar refractivity (Wildman–Crippen MR) is 161 cm³/mol. The first kappa shape index (κ1) is 30.9. The molecule has 2 amide bonds. The minimum absolute atomic E-state index is 0.103. The number of carbonyl (C=O) groups excluding carboxylic acids is 2. The van der Waals surface area contributed by atoms with Gasteiger partial charge in [-0.1, -0.05) is 67.4 Å². The van der Waals surface area contributed by atoms with Crippen LogP contribution in [-0.4, -0.2) is 50.8 Å². The molecule has 0 fully saturated rings. The van der Waals surface area contributed by atoms with Gasteiger partial charge in [0.25, 0.3) is 10.0 Å². The molecule has 1 N–H and O–H groups in total. The fraction of sp³-hybridized carbons (Fsp3) is 0.375. The molecule has 7 nitrogen and oxygen atoms in total. The Morgan fingerprint density at radius 1 is 0.875 bits per heavy atom. The number of nitrogens with one attached hydrogen (secondary N) is 1. The Morgan fingerprint density at radius 3 is 2.10 bits per heavy atom. The highest BCUT2D eigenvalue weighted by atomic mass is 32.2. The molecule has 214 valence electrons. The monoisotopic (exact) mass is 563 g/mol. The van der Waals surface area contributed by atoms with Crippen LogP contribution in [0.15, 0.2) is 77.7 Å². The second-order valence-corrected chi connectivity index (χ2v) is 12.2. The molecule has 3 aromatic carbocycles. The summed E-state index contributed by atoms with van der Waals surface area (Å²) in [6.45, 7) is 9.78. The number of hydrogen-bond donors (Lipinski definition) is 1. The Morgan fingerprint density at radius 2 is 1.50 bits per heavy atom. The van der Waals surface area contributed by atoms with Crippen molar-refractivity contribution in [3.63, 3.8) is 0 Å². The van der Waals surface area contributed by atoms with Crippen LogP contribution in [0.25, 0.3) is 0 Å². The van der Waals surface area contributed by atoms with E-state index >= 15 is 0 Å². The maximum atomic E-state index is 14.0. The van der Waals surface area contributed by atoms with E-state index in [0.717, 1.165) is 39.4 Å². The Bertz CT molecular complexity index is 1370. The van der Waals surface area contributed by atoms with E-state index in [2.05, 4.69) is 5.32 Å². The first-order valence-electron chi connectivity index (χ1n) is 13.8. The first-order valence-corrected chi connectivity index (χ1v) is 15.3. The molecule has 3 aromatic rings. The van der Waals surface area contributed by atoms with Crippen LogP contribution in [-0.2, 0) is 26.0 Å². The Hall–Kier alpha value is -3.65. The van der Waals surface area contributed by atoms with Gasteiger partial charge in [-0.15, -0.1) is 0 Å². The maximum Gasteiger partial charge on any atom is 0.264 e. The Balaban J connectivity index is 1.98. The molecule has 3 rings (SSSR count). The number of carbonyl (C=O) groups is 2. The van der Waals surface area contributed by atoms with Gasteiger partial charge in [0.2, 0.25) is 11.8 Å². The number of sulfonamides is 1. The van der Waals surface area contributed by atoms with Gasteiger partial charge in [-0.3, -0.25) is 13.9 Å². The van der Waals surface area contributed by atoms with E-state index in [9.17, 15) is 18.0 Å². The molecule has 0 aromatic heterocycles. The number of unbranched alkanes of at least 4 members (excludes halogenated alkanes) is 1. The summed E-state index contributed by atoms with van der Waals surface area (Å²) >= 11 is 0. The van der Waals surface area contributed by atoms with Crippen molar-refractivity contribution < 1.29 is 18.0 Å². The second-order valence-electron chi connectivity index (χ2n) is 10.3. The third kappa shape index (κ3) is 8.18. The summed E-state index contributed by atoms with van der Waals surface area (Å²) in [6, 6.07) is 21.0. The molecule has 8 heteroatoms. The largest absolute Gasteiger partial charge is 0.354 e. The van der Waals surface area contributed by atoms with Crippen molar-refractivity contribution in [2.75, 3.05) is 23.9 Å². The number of anilines is 1. The molecular weight excluding hydrogens is 522 g/mol. The van der Waals surface area contributed by atoms with Crippen LogP contribution in [0.3, 0.4) is 0 Å². The van der Waals surface area contributed by atoms with Crippen molar-refractivity contribution in [3.05, 3.63) is 95.1 Å². The lowest BCUT2D eigenvalue weighted by molar-refractivity contribution is -0.138. The molecule has 0 aliphatic heterocycles. The molecule has 0 bridgehead atoms. The van der Waals surface area contributed by atoms with Crippen LogP contribution in [0, 0.1) is 20.8 Å². The molecule has 0 radical (unpaired) electrons. The molecule has 0 aliphatic carbocycles. The van der Waals surface area contributed by atoms with Crippen LogP contribution in [0.5, 0.6) is 0 Å². The first-order chi connectivity index (χ1) is 19.0. The van der Waals surface area contributed by atoms with Crippen molar-refractivity contribution in [3.8, 4) is 0 Å². The molecule has 0 spiro atoms. The van der Waals surface area contributed by atoms with E-state index in [1.165, 1.54) is 4.90 Å². The summed E-state index contributed by atoms with van der Waals surface area (Å²) < 4.78 is 29.1. The van der Waals surface area contributed by atoms with Crippen LogP contribution >= 0.6 is 0 Å². The Kier molecular flexibility index (Phi) is 10.9. The number of benzene rings is 3. The number of nitrogens with zero attached hydrogens (tertiary/aromatic N) is 2. The van der Waals surface area contributed by atoms with Crippen molar-refractivity contribution in [1.29, 1.82) is 0 Å². The molecule has 40 heavy (non-hydrogen) atoms. The van der Waals surface area contributed by atoms with E-state index in [0.29, 0.717) is 18.7 Å². The maximum absolute atomic E-state index is 14.0. The number of hydrogen-bond acceptors (Lipinski definition) is 4. The lowest BCUT2D eigenvalue weighted by Gasteiger charge is -2.32. The molecule has 0 saturated heterocycles. The van der Waals surface area contributed by atoms with Gasteiger partial charge >= 0.3 is 0 Å². The molecular formula is C32H41N3O4S. The number of rotatable bonds is 13. The van der Waals surface area contributed by atoms with E-state index in [1.807, 2.05) is 64.1 Å². The number of aryl methyl sites for hydroxylation is 3. The summed E-state index contributed by atoms with van der Waals surface area (Å²) in [6.07, 6.45) is 2.31. The lowest BCUT2D eigenvalue weighted by atomic mass is 10.1. The highest BCUT2D eigenvalue weighted by Gasteiger charge is 2.32. The molecule has 0 unspecified atom stereocenters. The van der Waals surface area contributed by atoms with Crippen molar-refractivity contribution >= 4 is 27.5 Å². The van der Waals surface area contributed by atoms with Gasteiger partial charge in [-0.2, -0.15) is 0 Å². The molecule has 0 heterocycles. The molecule has 0 saturated carbocycles. The zero-order valence-corrected chi connectivity index (χ0v) is 25.0. The predicted octanol–water partition coefficient (Wildman–Crippen LogP) is 5.18. The van der Waals surface area contributed by atoms with Gasteiger partial charge in [0, 0.05) is 13.1 Å². The van der Waals surface area contributed by atoms with Gasteiger partial charge in [0.1, 0.15) is 12.6 Å². The van der Waals surface area contributed by atoms with Crippen LogP contribution in [0.4, 0.5) is 5.69 Å². The fourth-order valence-electron chi connectivity index (χ4n) is 4.57. The van der Waals surface area contributed by atoms with Crippen LogP contribution in [0.1, 0.15) is 48.9 Å². The molecule has 0 aliphatic rings. The highest BCUT2D eigenvalue weighted by Crippen LogP contribution is 2.26. The quantitative estimate of drug-likeness (QED) is 0.290. The average Bonchev–Trinajstić information content (AvgIpc) is 2.92. The van der Waals surface area contributed by atoms with Gasteiger partial charge in [-0.25, -0.2) is 8.42 Å². The van der Waals surface area contributed by atoms with Crippen molar-refractivity contribution in [2.45, 2.75) is 64.8 Å². The summed E-state index contributed by atoms with van der Waals surface area (Å²) in [5.74, 6) is -0.696. The third-order valence-corrected chi connectivity index (χ3v) is 8.65. The minimum Gasteiger partial charge on any atom is -0.354 e. The smallest absolute Gasteiger partial charge is 0.264 e. The zero-order chi connectivity index (χ0) is 29.3. The molecule has 1 atom stereocenters. The van der Waals surface area contributed by atoms with Gasteiger partial charge in [0.05, 0.1) is 10.6 Å². The minimum atomic E-state index is -4.08. The van der Waals surface area contributed by atoms with E-state index < -0.39 is 28.5 Å². The summed E-state index contributed by atoms with van der Waals surface area (Å²) in [5.41, 5.74) is 4.14. The van der Waals surface area contributed by atoms with Crippen molar-refractivity contribution in [2.24, 2.45) is 0 Å². The summed E-state index contributed by atoms with van der Waals surface area (Å²) in [4.78, 5) is 28.6. The van der Waals surface area contributed by atoms with Crippen molar-refractivity contribution in [1.82, 2.24) is 10.2 Å². The third-order valence-electron chi connectivity index (χ3n) is 6.86. The fourth-order valence-corrected chi connectivity index (χ4v) is 5.96. The van der Waals surface area contributed by atoms with Crippen LogP contribution in [0.2, 0.25) is 0 Å². The van der Waals surface area contributed by atoms with Gasteiger partial charge in [-0.05, 0) is 81.5 Å². The summed E-state index contributed by atoms with van der Waals surface area (Å²) in [7, 11) is -4.08. The zero-order valence-electron chi connectivity index (χ0n) is 24.2. The SMILES string of the molecule is CCCCNC(=O)[C@H](C)N(CCc1ccccc1)C(=O)CN(c1cc(C)cc(C)c1)S(=O)(=O)c1ccc(C)cc1. The van der Waals surface area contributed by atoms with E-state index in [4.69, 9.17) is 0 Å². The van der Waals surface area contributed by atoms with Crippen LogP contribution < -0.4 is 9.62 Å². The summed E-state index contributed by atoms with van der Waals surface area (Å²) in [5, 5.41) is 2.91. The average molecular weight is 564 g/mol. The van der Waals surface area contributed by atoms with Gasteiger partial charge < -0.3 is 10.2 Å².